The van der Waals surface area contributed by atoms with Crippen LogP contribution in [0.1, 0.15) is 52.3 Å². The number of methoxy groups -OCH3 is 3. The molecule has 14 heteroatoms. The summed E-state index contributed by atoms with van der Waals surface area (Å²) in [6.07, 6.45) is 1.50. The Balaban J connectivity index is 1.28. The van der Waals surface area contributed by atoms with Gasteiger partial charge in [0, 0.05) is 27.4 Å². The lowest BCUT2D eigenvalue weighted by Gasteiger charge is -2.18. The minimum Gasteiger partial charge on any atom is -0.497 e. The summed E-state index contributed by atoms with van der Waals surface area (Å²) >= 11 is 2.18. The van der Waals surface area contributed by atoms with Gasteiger partial charge in [-0.3, -0.25) is 19.2 Å². The van der Waals surface area contributed by atoms with Gasteiger partial charge in [-0.25, -0.2) is 4.79 Å². The summed E-state index contributed by atoms with van der Waals surface area (Å²) in [6.45, 7) is 1.63. The maximum atomic E-state index is 14.3. The molecule has 0 aliphatic carbocycles. The molecule has 0 aliphatic rings. The van der Waals surface area contributed by atoms with E-state index >= 15 is 0 Å². The first kappa shape index (κ1) is 42.4. The number of rotatable bonds is 15. The van der Waals surface area contributed by atoms with Crippen molar-refractivity contribution in [3.63, 3.8) is 0 Å². The van der Waals surface area contributed by atoms with E-state index in [-0.39, 0.29) is 21.1 Å². The first-order valence-electron chi connectivity index (χ1n) is 18.4. The zero-order valence-corrected chi connectivity index (χ0v) is 34.6. The highest BCUT2D eigenvalue weighted by atomic mass is 32.2. The maximum absolute atomic E-state index is 14.3. The second-order valence-corrected chi connectivity index (χ2v) is 15.1. The van der Waals surface area contributed by atoms with Crippen molar-refractivity contribution < 1.29 is 38.2 Å². The van der Waals surface area contributed by atoms with Crippen LogP contribution in [-0.2, 0) is 14.3 Å². The summed E-state index contributed by atoms with van der Waals surface area (Å²) in [7, 11) is 4.24. The Morgan fingerprint density at radius 2 is 1.35 bits per heavy atom. The number of thiophene rings is 1. The third-order valence-electron chi connectivity index (χ3n) is 8.96. The van der Waals surface area contributed by atoms with Crippen LogP contribution in [0, 0.1) is 6.92 Å². The molecule has 1 heterocycles. The van der Waals surface area contributed by atoms with Crippen molar-refractivity contribution in [1.82, 2.24) is 5.32 Å². The van der Waals surface area contributed by atoms with Gasteiger partial charge in [0.1, 0.15) is 27.4 Å². The van der Waals surface area contributed by atoms with Gasteiger partial charge in [-0.05, 0) is 84.8 Å². The molecule has 0 radical (unpaired) electrons. The first-order valence-corrected chi connectivity index (χ1v) is 20.1. The molecule has 4 amide bonds. The number of ether oxygens (including phenoxy) is 3. The van der Waals surface area contributed by atoms with Crippen LogP contribution in [-0.4, -0.2) is 50.9 Å². The van der Waals surface area contributed by atoms with Crippen molar-refractivity contribution in [3.8, 4) is 11.5 Å². The molecule has 1 unspecified atom stereocenters. The van der Waals surface area contributed by atoms with Crippen LogP contribution < -0.4 is 30.7 Å². The van der Waals surface area contributed by atoms with Crippen LogP contribution in [0.5, 0.6) is 11.5 Å². The maximum Gasteiger partial charge on any atom is 0.341 e. The van der Waals surface area contributed by atoms with E-state index in [1.165, 1.54) is 39.2 Å². The number of nitrogens with one attached hydrogen (secondary N) is 4. The smallest absolute Gasteiger partial charge is 0.341 e. The highest BCUT2D eigenvalue weighted by molar-refractivity contribution is 8.00. The lowest BCUT2D eigenvalue weighted by molar-refractivity contribution is -0.116. The van der Waals surface area contributed by atoms with Gasteiger partial charge in [0.05, 0.1) is 31.8 Å². The molecule has 6 aromatic rings. The van der Waals surface area contributed by atoms with Gasteiger partial charge in [0.25, 0.3) is 17.7 Å². The average molecular weight is 841 g/mol. The molecule has 0 saturated heterocycles. The summed E-state index contributed by atoms with van der Waals surface area (Å²) < 4.78 is 16.0. The number of hydrogen-bond acceptors (Lipinski definition) is 10. The number of carbonyl (C=O) groups is 5. The van der Waals surface area contributed by atoms with E-state index < -0.39 is 34.8 Å². The van der Waals surface area contributed by atoms with Crippen molar-refractivity contribution in [2.24, 2.45) is 0 Å². The predicted molar refractivity (Wildman–Crippen MR) is 235 cm³/mol. The number of benzene rings is 5. The average Bonchev–Trinajstić information content (AvgIpc) is 3.60. The van der Waals surface area contributed by atoms with Crippen LogP contribution in [0.25, 0.3) is 6.08 Å². The van der Waals surface area contributed by atoms with Crippen LogP contribution >= 0.6 is 23.1 Å². The molecule has 304 valence electrons. The summed E-state index contributed by atoms with van der Waals surface area (Å²) in [5, 5.41) is 10.7. The van der Waals surface area contributed by atoms with Crippen LogP contribution in [0.15, 0.2) is 144 Å². The molecule has 12 nitrogen and oxygen atoms in total. The van der Waals surface area contributed by atoms with Gasteiger partial charge in [-0.2, -0.15) is 0 Å². The summed E-state index contributed by atoms with van der Waals surface area (Å²) in [4.78, 5) is 68.9. The summed E-state index contributed by atoms with van der Waals surface area (Å²) in [5.41, 5.74) is 2.81. The highest BCUT2D eigenvalue weighted by Gasteiger charge is 2.30. The zero-order chi connectivity index (χ0) is 42.6. The van der Waals surface area contributed by atoms with Gasteiger partial charge in [0.2, 0.25) is 5.91 Å². The number of hydrogen-bond donors (Lipinski definition) is 4. The number of amides is 4. The lowest BCUT2D eigenvalue weighted by Crippen LogP contribution is -2.30. The number of anilines is 3. The molecule has 0 fully saturated rings. The predicted octanol–water partition coefficient (Wildman–Crippen LogP) is 8.99. The normalized spacial score (nSPS) is 11.4. The molecule has 0 bridgehead atoms. The molecule has 1 atom stereocenters. The van der Waals surface area contributed by atoms with Gasteiger partial charge in [-0.1, -0.05) is 72.8 Å². The minimum absolute atomic E-state index is 0.0699. The second-order valence-electron chi connectivity index (χ2n) is 12.9. The van der Waals surface area contributed by atoms with Crippen molar-refractivity contribution in [2.45, 2.75) is 17.1 Å². The Kier molecular flexibility index (Phi) is 14.2. The largest absolute Gasteiger partial charge is 0.497 e. The van der Waals surface area contributed by atoms with Crippen molar-refractivity contribution >= 4 is 75.1 Å². The topological polar surface area (TPSA) is 161 Å². The van der Waals surface area contributed by atoms with E-state index in [4.69, 9.17) is 14.2 Å². The summed E-state index contributed by atoms with van der Waals surface area (Å²) in [5.74, 6) is -1.78. The molecule has 0 saturated carbocycles. The Morgan fingerprint density at radius 1 is 0.683 bits per heavy atom. The number of esters is 1. The molecule has 5 aromatic carbocycles. The van der Waals surface area contributed by atoms with Crippen molar-refractivity contribution in [1.29, 1.82) is 0 Å². The van der Waals surface area contributed by atoms with E-state index in [2.05, 4.69) is 21.3 Å². The number of thioether (sulfide) groups is 1. The van der Waals surface area contributed by atoms with Gasteiger partial charge >= 0.3 is 5.97 Å². The first-order chi connectivity index (χ1) is 29.1. The Bertz CT molecular complexity index is 2540. The van der Waals surface area contributed by atoms with Crippen LogP contribution in [0.3, 0.4) is 0 Å². The lowest BCUT2D eigenvalue weighted by atomic mass is 10.1. The molecule has 0 spiro atoms. The van der Waals surface area contributed by atoms with Crippen LogP contribution in [0.4, 0.5) is 16.4 Å². The van der Waals surface area contributed by atoms with Gasteiger partial charge in [-0.15, -0.1) is 23.1 Å². The molecule has 4 N–H and O–H groups in total. The summed E-state index contributed by atoms with van der Waals surface area (Å²) in [6, 6.07) is 38.4. The van der Waals surface area contributed by atoms with E-state index in [9.17, 15) is 24.0 Å². The minimum atomic E-state index is -0.854. The second kappa shape index (κ2) is 20.0. The quantitative estimate of drug-likeness (QED) is 0.0450. The SMILES string of the molecule is COC(=O)c1c(NC(=O)C(Sc2cccc(NC(=O)/C(=C\c3cc(OC)ccc3OC)NC(=O)c3ccccc3)c2)c2ccccc2)sc(C(=O)Nc2ccccc2)c1C. The number of carbonyl (C=O) groups excluding carboxylic acids is 5. The van der Waals surface area contributed by atoms with Crippen molar-refractivity contribution in [3.05, 3.63) is 172 Å². The third-order valence-corrected chi connectivity index (χ3v) is 11.4. The molecular formula is C46H40N4O8S2. The number of para-hydroxylation sites is 1. The zero-order valence-electron chi connectivity index (χ0n) is 32.9. The Morgan fingerprint density at radius 3 is 2.02 bits per heavy atom. The Hall–Kier alpha value is -7.16. The standard InChI is InChI=1S/C46H40N4O8S2/c1-28-38(46(55)58-4)45(60-39(28)43(53)47-32-19-12-7-13-20-32)50-44(54)40(29-15-8-5-9-16-29)59-35-22-14-21-33(27-35)48-42(52)36(49-41(51)30-17-10-6-11-18-30)26-31-25-34(56-2)23-24-37(31)57-3/h5-27,40H,1-4H3,(H,47,53)(H,48,52)(H,49,51)(H,50,54)/b36-26+. The fourth-order valence-electron chi connectivity index (χ4n) is 5.99. The molecule has 60 heavy (non-hydrogen) atoms. The molecule has 1 aromatic heterocycles. The molecular weight excluding hydrogens is 801 g/mol. The van der Waals surface area contributed by atoms with Crippen molar-refractivity contribution in [2.75, 3.05) is 37.3 Å². The van der Waals surface area contributed by atoms with E-state index in [1.807, 2.05) is 36.4 Å². The fourth-order valence-corrected chi connectivity index (χ4v) is 8.16. The fraction of sp³-hybridized carbons (Fsp3) is 0.109. The molecule has 0 aliphatic heterocycles. The Labute approximate surface area is 355 Å². The third kappa shape index (κ3) is 10.5. The monoisotopic (exact) mass is 840 g/mol. The van der Waals surface area contributed by atoms with E-state index in [1.54, 1.807) is 104 Å². The van der Waals surface area contributed by atoms with E-state index in [0.717, 1.165) is 11.3 Å². The van der Waals surface area contributed by atoms with Crippen LogP contribution in [0.2, 0.25) is 0 Å². The van der Waals surface area contributed by atoms with Gasteiger partial charge in [0.15, 0.2) is 0 Å². The highest BCUT2D eigenvalue weighted by Crippen LogP contribution is 2.40. The van der Waals surface area contributed by atoms with Gasteiger partial charge < -0.3 is 35.5 Å². The van der Waals surface area contributed by atoms with E-state index in [0.29, 0.717) is 50.0 Å². The molecule has 6 rings (SSSR count).